The number of anilines is 3. The highest BCUT2D eigenvalue weighted by molar-refractivity contribution is 5.95. The fraction of sp³-hybridized carbons (Fsp3) is 0.105. The van der Waals surface area contributed by atoms with E-state index in [0.29, 0.717) is 5.69 Å². The zero-order valence-electron chi connectivity index (χ0n) is 15.6. The number of hydrogen-bond acceptors (Lipinski definition) is 7. The van der Waals surface area contributed by atoms with Gasteiger partial charge in [-0.05, 0) is 55.3 Å². The standard InChI is InChI=1S/C19H17FN6O3/c1-11-4-3-5-15(12(11)2)23-17-16(26(28)29)18(22-10-21-17)24-25-19(27)13-6-8-14(20)9-7-13/h3-10H,1-2H3,(H,25,27)(H2,21,22,23,24). The van der Waals surface area contributed by atoms with Gasteiger partial charge in [-0.1, -0.05) is 12.1 Å². The molecule has 0 atom stereocenters. The van der Waals surface area contributed by atoms with E-state index in [-0.39, 0.29) is 17.2 Å². The first kappa shape index (κ1) is 19.7. The summed E-state index contributed by atoms with van der Waals surface area (Å²) in [4.78, 5) is 30.9. The molecule has 0 fully saturated rings. The summed E-state index contributed by atoms with van der Waals surface area (Å²) < 4.78 is 13.0. The second kappa shape index (κ2) is 8.30. The molecule has 0 saturated carbocycles. The summed E-state index contributed by atoms with van der Waals surface area (Å²) in [6.45, 7) is 3.81. The number of hydrazine groups is 1. The van der Waals surface area contributed by atoms with E-state index in [2.05, 4.69) is 26.1 Å². The lowest BCUT2D eigenvalue weighted by atomic mass is 10.1. The number of carbonyl (C=O) groups is 1. The van der Waals surface area contributed by atoms with Gasteiger partial charge in [-0.15, -0.1) is 0 Å². The number of benzene rings is 2. The average molecular weight is 396 g/mol. The molecule has 3 aromatic rings. The molecule has 29 heavy (non-hydrogen) atoms. The van der Waals surface area contributed by atoms with Crippen LogP contribution in [-0.2, 0) is 0 Å². The average Bonchev–Trinajstić information content (AvgIpc) is 2.70. The maximum absolute atomic E-state index is 13.0. The number of halogens is 1. The lowest BCUT2D eigenvalue weighted by Gasteiger charge is -2.13. The van der Waals surface area contributed by atoms with Gasteiger partial charge in [-0.3, -0.25) is 25.8 Å². The number of nitro groups is 1. The van der Waals surface area contributed by atoms with Gasteiger partial charge < -0.3 is 5.32 Å². The highest BCUT2D eigenvalue weighted by Gasteiger charge is 2.24. The minimum absolute atomic E-state index is 0.0303. The van der Waals surface area contributed by atoms with Gasteiger partial charge in [0.25, 0.3) is 5.91 Å². The molecule has 0 aliphatic carbocycles. The van der Waals surface area contributed by atoms with Crippen LogP contribution in [-0.4, -0.2) is 20.8 Å². The Morgan fingerprint density at radius 3 is 2.45 bits per heavy atom. The van der Waals surface area contributed by atoms with Gasteiger partial charge in [0.2, 0.25) is 11.6 Å². The van der Waals surface area contributed by atoms with Crippen molar-refractivity contribution >= 4 is 28.9 Å². The Kier molecular flexibility index (Phi) is 5.63. The normalized spacial score (nSPS) is 10.3. The largest absolute Gasteiger partial charge is 0.355 e. The summed E-state index contributed by atoms with van der Waals surface area (Å²) >= 11 is 0. The van der Waals surface area contributed by atoms with E-state index in [4.69, 9.17) is 0 Å². The van der Waals surface area contributed by atoms with E-state index in [1.165, 1.54) is 12.1 Å². The predicted molar refractivity (Wildman–Crippen MR) is 105 cm³/mol. The number of hydrogen-bond donors (Lipinski definition) is 3. The van der Waals surface area contributed by atoms with Gasteiger partial charge in [0.05, 0.1) is 4.92 Å². The van der Waals surface area contributed by atoms with Crippen molar-refractivity contribution in [3.05, 3.63) is 81.4 Å². The molecule has 1 heterocycles. The van der Waals surface area contributed by atoms with Crippen LogP contribution in [0, 0.1) is 29.8 Å². The van der Waals surface area contributed by atoms with Crippen LogP contribution in [0.3, 0.4) is 0 Å². The molecular weight excluding hydrogens is 379 g/mol. The molecule has 3 rings (SSSR count). The van der Waals surface area contributed by atoms with Gasteiger partial charge in [0.15, 0.2) is 0 Å². The second-order valence-electron chi connectivity index (χ2n) is 6.14. The summed E-state index contributed by atoms with van der Waals surface area (Å²) in [5.74, 6) is -1.32. The van der Waals surface area contributed by atoms with Crippen LogP contribution in [0.1, 0.15) is 21.5 Å². The fourth-order valence-electron chi connectivity index (χ4n) is 2.54. The highest BCUT2D eigenvalue weighted by Crippen LogP contribution is 2.32. The molecule has 2 aromatic carbocycles. The Labute approximate surface area is 165 Å². The van der Waals surface area contributed by atoms with Crippen molar-refractivity contribution in [1.82, 2.24) is 15.4 Å². The molecule has 0 bridgehead atoms. The fourth-order valence-corrected chi connectivity index (χ4v) is 2.54. The van der Waals surface area contributed by atoms with E-state index < -0.39 is 22.3 Å². The van der Waals surface area contributed by atoms with E-state index in [1.807, 2.05) is 26.0 Å². The number of aromatic nitrogens is 2. The first-order valence-corrected chi connectivity index (χ1v) is 8.51. The maximum Gasteiger partial charge on any atom is 0.355 e. The van der Waals surface area contributed by atoms with Crippen molar-refractivity contribution in [2.75, 3.05) is 10.7 Å². The summed E-state index contributed by atoms with van der Waals surface area (Å²) in [7, 11) is 0. The molecule has 0 unspecified atom stereocenters. The van der Waals surface area contributed by atoms with Crippen molar-refractivity contribution in [3.63, 3.8) is 0 Å². The third kappa shape index (κ3) is 4.43. The Morgan fingerprint density at radius 1 is 1.07 bits per heavy atom. The van der Waals surface area contributed by atoms with Gasteiger partial charge >= 0.3 is 5.69 Å². The van der Waals surface area contributed by atoms with Gasteiger partial charge in [-0.2, -0.15) is 0 Å². The minimum atomic E-state index is -0.653. The molecule has 0 spiro atoms. The zero-order chi connectivity index (χ0) is 21.0. The molecule has 0 aliphatic rings. The summed E-state index contributed by atoms with van der Waals surface area (Å²) in [6.07, 6.45) is 1.13. The number of carbonyl (C=O) groups excluding carboxylic acids is 1. The van der Waals surface area contributed by atoms with Crippen molar-refractivity contribution in [2.24, 2.45) is 0 Å². The number of nitrogens with one attached hydrogen (secondary N) is 3. The Bertz CT molecular complexity index is 1070. The van der Waals surface area contributed by atoms with Crippen LogP contribution >= 0.6 is 0 Å². The second-order valence-corrected chi connectivity index (χ2v) is 6.14. The van der Waals surface area contributed by atoms with Crippen molar-refractivity contribution < 1.29 is 14.1 Å². The summed E-state index contributed by atoms with van der Waals surface area (Å²) in [5, 5.41) is 14.6. The Balaban J connectivity index is 1.85. The smallest absolute Gasteiger partial charge is 0.334 e. The van der Waals surface area contributed by atoms with E-state index in [1.54, 1.807) is 6.07 Å². The molecule has 1 amide bonds. The number of rotatable bonds is 6. The maximum atomic E-state index is 13.0. The lowest BCUT2D eigenvalue weighted by Crippen LogP contribution is -2.30. The number of amides is 1. The highest BCUT2D eigenvalue weighted by atomic mass is 19.1. The third-order valence-corrected chi connectivity index (χ3v) is 4.26. The quantitative estimate of drug-likeness (QED) is 0.429. The Hall–Kier alpha value is -4.08. The van der Waals surface area contributed by atoms with Gasteiger partial charge in [0.1, 0.15) is 12.1 Å². The molecular formula is C19H17FN6O3. The van der Waals surface area contributed by atoms with Crippen LogP contribution in [0.15, 0.2) is 48.8 Å². The van der Waals surface area contributed by atoms with Crippen molar-refractivity contribution in [2.45, 2.75) is 13.8 Å². The molecule has 0 aliphatic heterocycles. The first-order valence-electron chi connectivity index (χ1n) is 8.51. The van der Waals surface area contributed by atoms with Crippen LogP contribution in [0.25, 0.3) is 0 Å². The Morgan fingerprint density at radius 2 is 1.76 bits per heavy atom. The van der Waals surface area contributed by atoms with Crippen LogP contribution < -0.4 is 16.2 Å². The number of aryl methyl sites for hydroxylation is 1. The molecule has 0 saturated heterocycles. The SMILES string of the molecule is Cc1cccc(Nc2ncnc(NNC(=O)c3ccc(F)cc3)c2[N+](=O)[O-])c1C. The predicted octanol–water partition coefficient (Wildman–Crippen LogP) is 3.64. The molecule has 9 nitrogen and oxygen atoms in total. The van der Waals surface area contributed by atoms with E-state index >= 15 is 0 Å². The summed E-state index contributed by atoms with van der Waals surface area (Å²) in [6, 6.07) is 10.4. The first-order chi connectivity index (χ1) is 13.9. The molecule has 3 N–H and O–H groups in total. The topological polar surface area (TPSA) is 122 Å². The lowest BCUT2D eigenvalue weighted by molar-refractivity contribution is -0.383. The molecule has 0 radical (unpaired) electrons. The summed E-state index contributed by atoms with van der Waals surface area (Å²) in [5.41, 5.74) is 7.06. The number of nitrogens with zero attached hydrogens (tertiary/aromatic N) is 3. The molecule has 148 valence electrons. The van der Waals surface area contributed by atoms with Crippen molar-refractivity contribution in [3.8, 4) is 0 Å². The van der Waals surface area contributed by atoms with Crippen molar-refractivity contribution in [1.29, 1.82) is 0 Å². The van der Waals surface area contributed by atoms with Gasteiger partial charge in [0, 0.05) is 11.3 Å². The third-order valence-electron chi connectivity index (χ3n) is 4.26. The van der Waals surface area contributed by atoms with Gasteiger partial charge in [-0.25, -0.2) is 14.4 Å². The van der Waals surface area contributed by atoms with Crippen LogP contribution in [0.4, 0.5) is 27.4 Å². The molecule has 10 heteroatoms. The molecule has 1 aromatic heterocycles. The minimum Gasteiger partial charge on any atom is -0.334 e. The zero-order valence-corrected chi connectivity index (χ0v) is 15.6. The van der Waals surface area contributed by atoms with Crippen LogP contribution in [0.2, 0.25) is 0 Å². The van der Waals surface area contributed by atoms with E-state index in [0.717, 1.165) is 29.6 Å². The van der Waals surface area contributed by atoms with E-state index in [9.17, 15) is 19.3 Å². The van der Waals surface area contributed by atoms with Crippen LogP contribution in [0.5, 0.6) is 0 Å². The monoisotopic (exact) mass is 396 g/mol.